The first-order valence-electron chi connectivity index (χ1n) is 12.4. The minimum absolute atomic E-state index is 0.0710. The number of likely N-dealkylation sites (tertiary alicyclic amines) is 1. The third-order valence-electron chi connectivity index (χ3n) is 6.80. The van der Waals surface area contributed by atoms with Crippen LogP contribution >= 0.6 is 0 Å². The Labute approximate surface area is 211 Å². The Balaban J connectivity index is 1.30. The lowest BCUT2D eigenvalue weighted by Crippen LogP contribution is -2.35. The molecule has 0 radical (unpaired) electrons. The lowest BCUT2D eigenvalue weighted by atomic mass is 9.96. The topological polar surface area (TPSA) is 54.7 Å². The van der Waals surface area contributed by atoms with E-state index in [2.05, 4.69) is 40.8 Å². The SMILES string of the molecule is Cc1ccc(C(=O)Cc2ccc(CN3CCCC(=O)C3)c(C)c2)cc1C#Cc1cnc2ccccn12. The molecule has 2 aromatic heterocycles. The number of hydrogen-bond donors (Lipinski definition) is 0. The Morgan fingerprint density at radius 3 is 2.75 bits per heavy atom. The molecule has 1 aliphatic heterocycles. The van der Waals surface area contributed by atoms with Crippen molar-refractivity contribution in [3.63, 3.8) is 0 Å². The zero-order valence-corrected chi connectivity index (χ0v) is 20.8. The quantitative estimate of drug-likeness (QED) is 0.303. The number of fused-ring (bicyclic) bond motifs is 1. The molecule has 0 spiro atoms. The van der Waals surface area contributed by atoms with Gasteiger partial charge >= 0.3 is 0 Å². The molecule has 0 N–H and O–H groups in total. The van der Waals surface area contributed by atoms with Crippen LogP contribution in [0.4, 0.5) is 0 Å². The largest absolute Gasteiger partial charge is 0.298 e. The highest BCUT2D eigenvalue weighted by Gasteiger charge is 2.18. The Morgan fingerprint density at radius 2 is 1.92 bits per heavy atom. The van der Waals surface area contributed by atoms with Gasteiger partial charge in [-0.05, 0) is 73.2 Å². The van der Waals surface area contributed by atoms with Crippen LogP contribution in [0.2, 0.25) is 0 Å². The molecule has 0 amide bonds. The van der Waals surface area contributed by atoms with Gasteiger partial charge in [0.2, 0.25) is 0 Å². The van der Waals surface area contributed by atoms with E-state index in [1.54, 1.807) is 6.20 Å². The number of hydrogen-bond acceptors (Lipinski definition) is 4. The van der Waals surface area contributed by atoms with Gasteiger partial charge in [-0.3, -0.25) is 18.9 Å². The summed E-state index contributed by atoms with van der Waals surface area (Å²) in [6, 6.07) is 17.8. The van der Waals surface area contributed by atoms with Crippen LogP contribution in [0.1, 0.15) is 56.7 Å². The van der Waals surface area contributed by atoms with Gasteiger partial charge in [-0.25, -0.2) is 4.98 Å². The maximum atomic E-state index is 13.1. The summed E-state index contributed by atoms with van der Waals surface area (Å²) in [5.41, 5.74) is 7.56. The summed E-state index contributed by atoms with van der Waals surface area (Å²) in [4.78, 5) is 31.5. The second kappa shape index (κ2) is 10.3. The van der Waals surface area contributed by atoms with Crippen LogP contribution in [0, 0.1) is 25.7 Å². The van der Waals surface area contributed by atoms with Crippen LogP contribution in [0.5, 0.6) is 0 Å². The van der Waals surface area contributed by atoms with Crippen molar-refractivity contribution in [2.45, 2.75) is 39.7 Å². The predicted molar refractivity (Wildman–Crippen MR) is 141 cm³/mol. The number of carbonyl (C=O) groups is 2. The Hall–Kier alpha value is -4.01. The molecule has 1 aliphatic rings. The van der Waals surface area contributed by atoms with E-state index in [-0.39, 0.29) is 5.78 Å². The van der Waals surface area contributed by atoms with Crippen LogP contribution in [0.3, 0.4) is 0 Å². The Kier molecular flexibility index (Phi) is 6.79. The summed E-state index contributed by atoms with van der Waals surface area (Å²) in [6.45, 7) is 6.36. The molecule has 4 aromatic rings. The van der Waals surface area contributed by atoms with Crippen molar-refractivity contribution in [1.82, 2.24) is 14.3 Å². The number of carbonyl (C=O) groups excluding carboxylic acids is 2. The molecule has 180 valence electrons. The molecule has 1 saturated heterocycles. The average molecular weight is 476 g/mol. The van der Waals surface area contributed by atoms with Gasteiger partial charge in [0.1, 0.15) is 17.1 Å². The molecule has 0 saturated carbocycles. The maximum absolute atomic E-state index is 13.1. The number of benzene rings is 2. The monoisotopic (exact) mass is 475 g/mol. The molecular formula is C31H29N3O2. The van der Waals surface area contributed by atoms with Gasteiger partial charge < -0.3 is 0 Å². The molecule has 5 heteroatoms. The third-order valence-corrected chi connectivity index (χ3v) is 6.80. The molecule has 0 aliphatic carbocycles. The van der Waals surface area contributed by atoms with E-state index < -0.39 is 0 Å². The second-order valence-electron chi connectivity index (χ2n) is 9.57. The summed E-state index contributed by atoms with van der Waals surface area (Å²) < 4.78 is 1.95. The van der Waals surface area contributed by atoms with E-state index in [1.165, 1.54) is 5.56 Å². The van der Waals surface area contributed by atoms with E-state index in [0.717, 1.165) is 53.1 Å². The van der Waals surface area contributed by atoms with Gasteiger partial charge in [0, 0.05) is 36.7 Å². The first kappa shape index (κ1) is 23.7. The minimum Gasteiger partial charge on any atom is -0.298 e. The highest BCUT2D eigenvalue weighted by Crippen LogP contribution is 2.19. The zero-order chi connectivity index (χ0) is 25.1. The number of rotatable bonds is 5. The van der Waals surface area contributed by atoms with E-state index in [0.29, 0.717) is 30.7 Å². The molecule has 36 heavy (non-hydrogen) atoms. The number of piperidine rings is 1. The first-order valence-corrected chi connectivity index (χ1v) is 12.4. The molecular weight excluding hydrogens is 446 g/mol. The molecule has 2 aromatic carbocycles. The van der Waals surface area contributed by atoms with Crippen LogP contribution in [0.25, 0.3) is 5.65 Å². The average Bonchev–Trinajstić information content (AvgIpc) is 3.28. The number of pyridine rings is 1. The number of Topliss-reactive ketones (excluding diaryl/α,β-unsaturated/α-hetero) is 2. The van der Waals surface area contributed by atoms with Crippen LogP contribution in [-0.4, -0.2) is 38.9 Å². The van der Waals surface area contributed by atoms with E-state index >= 15 is 0 Å². The van der Waals surface area contributed by atoms with Crippen molar-refractivity contribution in [1.29, 1.82) is 0 Å². The number of nitrogens with zero attached hydrogens (tertiary/aromatic N) is 3. The molecule has 0 atom stereocenters. The highest BCUT2D eigenvalue weighted by molar-refractivity contribution is 5.98. The van der Waals surface area contributed by atoms with Crippen LogP contribution in [-0.2, 0) is 17.8 Å². The molecule has 0 unspecified atom stereocenters. The van der Waals surface area contributed by atoms with Gasteiger partial charge in [-0.1, -0.05) is 42.3 Å². The van der Waals surface area contributed by atoms with Gasteiger partial charge in [0.05, 0.1) is 12.7 Å². The number of aryl methyl sites for hydroxylation is 2. The predicted octanol–water partition coefficient (Wildman–Crippen LogP) is 4.94. The second-order valence-corrected chi connectivity index (χ2v) is 9.57. The molecule has 5 nitrogen and oxygen atoms in total. The van der Waals surface area contributed by atoms with E-state index in [1.807, 2.05) is 60.0 Å². The summed E-state index contributed by atoms with van der Waals surface area (Å²) in [5.74, 6) is 6.83. The van der Waals surface area contributed by atoms with Crippen molar-refractivity contribution in [3.8, 4) is 11.8 Å². The lowest BCUT2D eigenvalue weighted by Gasteiger charge is -2.26. The van der Waals surface area contributed by atoms with Crippen molar-refractivity contribution in [2.75, 3.05) is 13.1 Å². The van der Waals surface area contributed by atoms with Gasteiger partial charge in [-0.15, -0.1) is 0 Å². The number of imidazole rings is 1. The Morgan fingerprint density at radius 1 is 1.03 bits per heavy atom. The van der Waals surface area contributed by atoms with Gasteiger partial charge in [0.25, 0.3) is 0 Å². The maximum Gasteiger partial charge on any atom is 0.167 e. The molecule has 0 bridgehead atoms. The van der Waals surface area contributed by atoms with Crippen molar-refractivity contribution < 1.29 is 9.59 Å². The normalized spacial score (nSPS) is 14.0. The van der Waals surface area contributed by atoms with E-state index in [9.17, 15) is 9.59 Å². The zero-order valence-electron chi connectivity index (χ0n) is 20.8. The lowest BCUT2D eigenvalue weighted by molar-refractivity contribution is -0.122. The molecule has 1 fully saturated rings. The van der Waals surface area contributed by atoms with E-state index in [4.69, 9.17) is 0 Å². The van der Waals surface area contributed by atoms with Crippen molar-refractivity contribution in [3.05, 3.63) is 106 Å². The van der Waals surface area contributed by atoms with Crippen LogP contribution in [0.15, 0.2) is 67.0 Å². The summed E-state index contributed by atoms with van der Waals surface area (Å²) >= 11 is 0. The minimum atomic E-state index is 0.0710. The number of ketones is 2. The highest BCUT2D eigenvalue weighted by atomic mass is 16.1. The first-order chi connectivity index (χ1) is 17.5. The molecule has 3 heterocycles. The van der Waals surface area contributed by atoms with Crippen molar-refractivity contribution in [2.24, 2.45) is 0 Å². The number of aromatic nitrogens is 2. The summed E-state index contributed by atoms with van der Waals surface area (Å²) in [7, 11) is 0. The van der Waals surface area contributed by atoms with Crippen LogP contribution < -0.4 is 0 Å². The fourth-order valence-electron chi connectivity index (χ4n) is 4.70. The smallest absolute Gasteiger partial charge is 0.167 e. The van der Waals surface area contributed by atoms with Crippen molar-refractivity contribution >= 4 is 17.2 Å². The molecule has 5 rings (SSSR count). The fraction of sp³-hybridized carbons (Fsp3) is 0.258. The Bertz CT molecular complexity index is 1520. The fourth-order valence-corrected chi connectivity index (χ4v) is 4.70. The standard InChI is InChI=1S/C31H29N3O2/c1-22-8-10-26(18-25(22)12-13-28-19-32-31-7-3-4-15-34(28)31)30(36)17-24-9-11-27(23(2)16-24)20-33-14-5-6-29(35)21-33/h3-4,7-11,15-16,18-19H,5-6,14,17,20-21H2,1-2H3. The summed E-state index contributed by atoms with van der Waals surface area (Å²) in [6.07, 6.45) is 5.68. The van der Waals surface area contributed by atoms with Gasteiger partial charge in [0.15, 0.2) is 5.78 Å². The third kappa shape index (κ3) is 5.30. The summed E-state index contributed by atoms with van der Waals surface area (Å²) in [5, 5.41) is 0. The van der Waals surface area contributed by atoms with Gasteiger partial charge in [-0.2, -0.15) is 0 Å².